The van der Waals surface area contributed by atoms with Gasteiger partial charge in [-0.05, 0) is 72.9 Å². The van der Waals surface area contributed by atoms with Crippen molar-refractivity contribution in [2.24, 2.45) is 0 Å². The van der Waals surface area contributed by atoms with Crippen molar-refractivity contribution in [1.82, 2.24) is 10.2 Å². The summed E-state index contributed by atoms with van der Waals surface area (Å²) in [5.41, 5.74) is 0.275. The van der Waals surface area contributed by atoms with Crippen molar-refractivity contribution in [3.05, 3.63) is 0 Å². The van der Waals surface area contributed by atoms with E-state index in [1.165, 1.54) is 45.1 Å². The van der Waals surface area contributed by atoms with Gasteiger partial charge in [-0.1, -0.05) is 13.3 Å². The molecule has 0 aromatic carbocycles. The predicted octanol–water partition coefficient (Wildman–Crippen LogP) is 3.81. The van der Waals surface area contributed by atoms with Crippen molar-refractivity contribution >= 4 is 0 Å². The molecule has 2 atom stereocenters. The normalized spacial score (nSPS) is 25.8. The Labute approximate surface area is 115 Å². The van der Waals surface area contributed by atoms with Crippen molar-refractivity contribution in [2.75, 3.05) is 13.1 Å². The molecule has 2 nitrogen and oxygen atoms in total. The minimum absolute atomic E-state index is 0.275. The molecule has 1 N–H and O–H groups in total. The number of nitrogens with zero attached hydrogens (tertiary/aromatic N) is 1. The second kappa shape index (κ2) is 7.49. The molecule has 0 saturated carbocycles. The standard InChI is InChI=1S/C16H34N2/c1-6-15-11-10-14(2)18(15)13-9-7-8-12-17-16(3,4)5/h14-15,17H,6-13H2,1-5H3. The Morgan fingerprint density at radius 3 is 2.44 bits per heavy atom. The van der Waals surface area contributed by atoms with Gasteiger partial charge in [-0.2, -0.15) is 0 Å². The van der Waals surface area contributed by atoms with Crippen LogP contribution in [0.4, 0.5) is 0 Å². The fourth-order valence-electron chi connectivity index (χ4n) is 3.03. The Balaban J connectivity index is 2.07. The van der Waals surface area contributed by atoms with Crippen molar-refractivity contribution in [3.8, 4) is 0 Å². The highest BCUT2D eigenvalue weighted by molar-refractivity contribution is 4.84. The van der Waals surface area contributed by atoms with E-state index in [1.54, 1.807) is 0 Å². The maximum Gasteiger partial charge on any atom is 0.00965 e. The molecule has 1 rings (SSSR count). The van der Waals surface area contributed by atoms with Gasteiger partial charge in [0, 0.05) is 17.6 Å². The number of nitrogens with one attached hydrogen (secondary N) is 1. The van der Waals surface area contributed by atoms with E-state index < -0.39 is 0 Å². The molecule has 2 heteroatoms. The zero-order valence-electron chi connectivity index (χ0n) is 13.3. The maximum atomic E-state index is 3.57. The Bertz CT molecular complexity index is 220. The first-order valence-corrected chi connectivity index (χ1v) is 7.95. The number of hydrogen-bond donors (Lipinski definition) is 1. The summed E-state index contributed by atoms with van der Waals surface area (Å²) in [6, 6.07) is 1.69. The van der Waals surface area contributed by atoms with Crippen LogP contribution in [0.5, 0.6) is 0 Å². The molecule has 0 radical (unpaired) electrons. The number of likely N-dealkylation sites (tertiary alicyclic amines) is 1. The van der Waals surface area contributed by atoms with Gasteiger partial charge in [0.05, 0.1) is 0 Å². The van der Waals surface area contributed by atoms with Gasteiger partial charge in [-0.15, -0.1) is 0 Å². The van der Waals surface area contributed by atoms with Crippen LogP contribution >= 0.6 is 0 Å². The number of hydrogen-bond acceptors (Lipinski definition) is 2. The van der Waals surface area contributed by atoms with Gasteiger partial charge in [0.2, 0.25) is 0 Å². The van der Waals surface area contributed by atoms with Crippen LogP contribution in [0.2, 0.25) is 0 Å². The molecule has 0 bridgehead atoms. The van der Waals surface area contributed by atoms with E-state index in [0.29, 0.717) is 0 Å². The number of unbranched alkanes of at least 4 members (excludes halogenated alkanes) is 2. The highest BCUT2D eigenvalue weighted by atomic mass is 15.2. The molecule has 1 fully saturated rings. The van der Waals surface area contributed by atoms with Gasteiger partial charge in [0.15, 0.2) is 0 Å². The molecule has 1 aliphatic heterocycles. The largest absolute Gasteiger partial charge is 0.312 e. The molecular weight excluding hydrogens is 220 g/mol. The zero-order valence-corrected chi connectivity index (χ0v) is 13.3. The Morgan fingerprint density at radius 2 is 1.83 bits per heavy atom. The van der Waals surface area contributed by atoms with Crippen LogP contribution in [0.15, 0.2) is 0 Å². The molecular formula is C16H34N2. The minimum Gasteiger partial charge on any atom is -0.312 e. The third-order valence-corrected chi connectivity index (χ3v) is 4.17. The third-order valence-electron chi connectivity index (χ3n) is 4.17. The summed E-state index contributed by atoms with van der Waals surface area (Å²) in [4.78, 5) is 2.75. The Kier molecular flexibility index (Phi) is 6.65. The van der Waals surface area contributed by atoms with E-state index in [4.69, 9.17) is 0 Å². The topological polar surface area (TPSA) is 15.3 Å². The van der Waals surface area contributed by atoms with Crippen LogP contribution in [-0.4, -0.2) is 35.6 Å². The lowest BCUT2D eigenvalue weighted by Gasteiger charge is -2.27. The van der Waals surface area contributed by atoms with Gasteiger partial charge in [-0.3, -0.25) is 4.90 Å². The summed E-state index contributed by atoms with van der Waals surface area (Å²) in [5, 5.41) is 3.57. The van der Waals surface area contributed by atoms with Crippen molar-refractivity contribution < 1.29 is 0 Å². The fraction of sp³-hybridized carbons (Fsp3) is 1.00. The monoisotopic (exact) mass is 254 g/mol. The molecule has 108 valence electrons. The van der Waals surface area contributed by atoms with Gasteiger partial charge in [0.25, 0.3) is 0 Å². The van der Waals surface area contributed by atoms with Gasteiger partial charge in [-0.25, -0.2) is 0 Å². The van der Waals surface area contributed by atoms with E-state index in [0.717, 1.165) is 18.6 Å². The van der Waals surface area contributed by atoms with E-state index in [2.05, 4.69) is 44.8 Å². The molecule has 18 heavy (non-hydrogen) atoms. The first-order valence-electron chi connectivity index (χ1n) is 7.95. The van der Waals surface area contributed by atoms with Crippen LogP contribution in [-0.2, 0) is 0 Å². The molecule has 1 saturated heterocycles. The second-order valence-electron chi connectivity index (χ2n) is 6.96. The fourth-order valence-corrected chi connectivity index (χ4v) is 3.03. The highest BCUT2D eigenvalue weighted by Crippen LogP contribution is 2.26. The van der Waals surface area contributed by atoms with Crippen molar-refractivity contribution in [2.45, 2.75) is 90.8 Å². The average Bonchev–Trinajstić information content (AvgIpc) is 2.63. The highest BCUT2D eigenvalue weighted by Gasteiger charge is 2.28. The lowest BCUT2D eigenvalue weighted by Crippen LogP contribution is -2.36. The first-order chi connectivity index (χ1) is 8.44. The van der Waals surface area contributed by atoms with E-state index in [9.17, 15) is 0 Å². The first kappa shape index (κ1) is 16.0. The molecule has 0 aromatic rings. The summed E-state index contributed by atoms with van der Waals surface area (Å²) < 4.78 is 0. The molecule has 2 unspecified atom stereocenters. The van der Waals surface area contributed by atoms with Crippen LogP contribution in [0, 0.1) is 0 Å². The van der Waals surface area contributed by atoms with E-state index in [-0.39, 0.29) is 5.54 Å². The summed E-state index contributed by atoms with van der Waals surface area (Å²) in [7, 11) is 0. The number of rotatable bonds is 7. The molecule has 1 heterocycles. The Morgan fingerprint density at radius 1 is 1.11 bits per heavy atom. The van der Waals surface area contributed by atoms with E-state index >= 15 is 0 Å². The average molecular weight is 254 g/mol. The second-order valence-corrected chi connectivity index (χ2v) is 6.96. The molecule has 0 spiro atoms. The molecule has 0 aromatic heterocycles. The van der Waals surface area contributed by atoms with Crippen LogP contribution in [0.25, 0.3) is 0 Å². The summed E-state index contributed by atoms with van der Waals surface area (Å²) in [5.74, 6) is 0. The van der Waals surface area contributed by atoms with Crippen molar-refractivity contribution in [3.63, 3.8) is 0 Å². The Hall–Kier alpha value is -0.0800. The molecule has 0 aliphatic carbocycles. The lowest BCUT2D eigenvalue weighted by molar-refractivity contribution is 0.194. The summed E-state index contributed by atoms with van der Waals surface area (Å²) >= 11 is 0. The SMILES string of the molecule is CCC1CCC(C)N1CCCCCNC(C)(C)C. The van der Waals surface area contributed by atoms with Crippen LogP contribution in [0.3, 0.4) is 0 Å². The van der Waals surface area contributed by atoms with E-state index in [1.807, 2.05) is 0 Å². The summed E-state index contributed by atoms with van der Waals surface area (Å²) in [6.45, 7) is 13.9. The van der Waals surface area contributed by atoms with Crippen molar-refractivity contribution in [1.29, 1.82) is 0 Å². The lowest BCUT2D eigenvalue weighted by atomic mass is 10.1. The van der Waals surface area contributed by atoms with Crippen LogP contribution in [0.1, 0.15) is 73.1 Å². The van der Waals surface area contributed by atoms with Gasteiger partial charge < -0.3 is 5.32 Å². The smallest absolute Gasteiger partial charge is 0.00965 e. The maximum absolute atomic E-state index is 3.57. The minimum atomic E-state index is 0.275. The van der Waals surface area contributed by atoms with Crippen LogP contribution < -0.4 is 5.32 Å². The predicted molar refractivity (Wildman–Crippen MR) is 81.1 cm³/mol. The zero-order chi connectivity index (χ0) is 13.6. The summed E-state index contributed by atoms with van der Waals surface area (Å²) in [6.07, 6.45) is 8.20. The third kappa shape index (κ3) is 5.71. The molecule has 0 amide bonds. The molecule has 1 aliphatic rings. The quantitative estimate of drug-likeness (QED) is 0.695. The van der Waals surface area contributed by atoms with Gasteiger partial charge >= 0.3 is 0 Å². The van der Waals surface area contributed by atoms with Gasteiger partial charge in [0.1, 0.15) is 0 Å².